The summed E-state index contributed by atoms with van der Waals surface area (Å²) in [5.41, 5.74) is 2.48. The number of piperidine rings is 1. The average Bonchev–Trinajstić information content (AvgIpc) is 3.03. The van der Waals surface area contributed by atoms with E-state index < -0.39 is 5.72 Å². The zero-order valence-corrected chi connectivity index (χ0v) is 23.8. The molecule has 0 bridgehead atoms. The van der Waals surface area contributed by atoms with Crippen molar-refractivity contribution in [2.75, 3.05) is 61.4 Å². The maximum Gasteiger partial charge on any atom is 0.434 e. The molecular weight excluding hydrogens is 528 g/mol. The van der Waals surface area contributed by atoms with Crippen molar-refractivity contribution in [1.82, 2.24) is 29.8 Å². The molecule has 1 N–H and O–H groups in total. The van der Waals surface area contributed by atoms with Gasteiger partial charge in [0.1, 0.15) is 18.6 Å². The van der Waals surface area contributed by atoms with Gasteiger partial charge in [0.25, 0.3) is 6.57 Å². The van der Waals surface area contributed by atoms with Crippen LogP contribution < -0.4 is 19.9 Å². The minimum Gasteiger partial charge on any atom is -0.418 e. The Hall–Kier alpha value is -4.82. The monoisotopic (exact) mass is 563 g/mol. The molecule has 11 nitrogen and oxygen atoms in total. The Morgan fingerprint density at radius 1 is 0.857 bits per heavy atom. The molecule has 0 amide bonds. The smallest absolute Gasteiger partial charge is 0.418 e. The van der Waals surface area contributed by atoms with E-state index in [0.29, 0.717) is 24.2 Å². The number of likely N-dealkylation sites (tertiary alicyclic amines) is 1. The van der Waals surface area contributed by atoms with Crippen LogP contribution in [0, 0.1) is 6.57 Å². The van der Waals surface area contributed by atoms with Crippen LogP contribution in [0.2, 0.25) is 0 Å². The molecule has 2 aromatic carbocycles. The first-order chi connectivity index (χ1) is 20.6. The molecule has 4 heterocycles. The molecule has 0 aliphatic carbocycles. The lowest BCUT2D eigenvalue weighted by atomic mass is 10.0. The molecule has 2 aliphatic rings. The number of piperazine rings is 1. The van der Waals surface area contributed by atoms with E-state index in [1.165, 1.54) is 11.9 Å². The van der Waals surface area contributed by atoms with Gasteiger partial charge < -0.3 is 19.9 Å². The maximum atomic E-state index is 6.21. The van der Waals surface area contributed by atoms with Gasteiger partial charge in [-0.3, -0.25) is 4.90 Å². The lowest BCUT2D eigenvalue weighted by Crippen LogP contribution is -2.48. The number of hydrogen-bond donors (Lipinski definition) is 1. The van der Waals surface area contributed by atoms with Gasteiger partial charge in [-0.15, -0.1) is 0 Å². The van der Waals surface area contributed by atoms with Crippen LogP contribution in [0.15, 0.2) is 73.3 Å². The number of rotatable bonds is 8. The fraction of sp³-hybridized carbons (Fsp3) is 0.355. The van der Waals surface area contributed by atoms with E-state index in [-0.39, 0.29) is 0 Å². The predicted molar refractivity (Wildman–Crippen MR) is 164 cm³/mol. The molecule has 1 atom stereocenters. The van der Waals surface area contributed by atoms with Gasteiger partial charge in [0.15, 0.2) is 0 Å². The first-order valence-electron chi connectivity index (χ1n) is 14.3. The zero-order valence-electron chi connectivity index (χ0n) is 23.8. The second-order valence-electron chi connectivity index (χ2n) is 10.8. The summed E-state index contributed by atoms with van der Waals surface area (Å²) in [7, 11) is 2.05. The standard InChI is InChI=1S/C31H35N10O/c1-32-31(13-6-14-39(2)22-31)42-27-11-9-26(10-12-27)37-28-35-23-36-30(38-28)41-17-15-40(16-18-41)29-33-20-25(21-34-29)19-24-7-4-3-5-8-24/h1,3-5,7-12,20-21,23H,6,13-19,22H2,2H3,(H,35,36,37,38)/q+1/t31-/m0/s1. The summed E-state index contributed by atoms with van der Waals surface area (Å²) in [6.45, 7) is 10.5. The molecule has 6 rings (SSSR count). The van der Waals surface area contributed by atoms with Crippen LogP contribution in [0.25, 0.3) is 4.85 Å². The molecule has 42 heavy (non-hydrogen) atoms. The van der Waals surface area contributed by atoms with E-state index in [1.54, 1.807) is 0 Å². The average molecular weight is 564 g/mol. The van der Waals surface area contributed by atoms with Crippen LogP contribution in [-0.4, -0.2) is 81.9 Å². The molecule has 4 aromatic rings. The molecule has 11 heteroatoms. The molecule has 0 radical (unpaired) electrons. The zero-order chi connectivity index (χ0) is 28.8. The second-order valence-corrected chi connectivity index (χ2v) is 10.8. The van der Waals surface area contributed by atoms with Crippen molar-refractivity contribution < 1.29 is 4.74 Å². The summed E-state index contributed by atoms with van der Waals surface area (Å²) < 4.78 is 6.21. The minimum atomic E-state index is -0.715. The molecular formula is C31H35N10O+. The van der Waals surface area contributed by atoms with Crippen LogP contribution in [-0.2, 0) is 6.42 Å². The second kappa shape index (κ2) is 12.4. The highest BCUT2D eigenvalue weighted by Crippen LogP contribution is 2.29. The van der Waals surface area contributed by atoms with Crippen molar-refractivity contribution in [3.8, 4) is 12.3 Å². The van der Waals surface area contributed by atoms with Gasteiger partial charge in [0, 0.05) is 50.7 Å². The summed E-state index contributed by atoms with van der Waals surface area (Å²) in [5, 5.41) is 3.27. The quantitative estimate of drug-likeness (QED) is 0.338. The number of nitrogens with one attached hydrogen (secondary N) is 1. The Morgan fingerprint density at radius 3 is 2.26 bits per heavy atom. The van der Waals surface area contributed by atoms with Gasteiger partial charge in [-0.2, -0.15) is 4.98 Å². The number of benzene rings is 2. The number of nitrogens with zero attached hydrogens (tertiary/aromatic N) is 9. The van der Waals surface area contributed by atoms with Crippen molar-refractivity contribution in [1.29, 1.82) is 0 Å². The predicted octanol–water partition coefficient (Wildman–Crippen LogP) is 4.09. The third-order valence-electron chi connectivity index (χ3n) is 7.63. The molecule has 0 saturated carbocycles. The topological polar surface area (TPSA) is 99.8 Å². The Kier molecular flexibility index (Phi) is 8.05. The Bertz CT molecular complexity index is 1500. The third kappa shape index (κ3) is 6.56. The van der Waals surface area contributed by atoms with Crippen molar-refractivity contribution in [3.05, 3.63) is 89.3 Å². The van der Waals surface area contributed by atoms with E-state index in [9.17, 15) is 0 Å². The van der Waals surface area contributed by atoms with Crippen LogP contribution in [0.5, 0.6) is 5.75 Å². The summed E-state index contributed by atoms with van der Waals surface area (Å²) in [6.07, 6.45) is 7.99. The molecule has 2 aromatic heterocycles. The largest absolute Gasteiger partial charge is 0.434 e. The summed E-state index contributed by atoms with van der Waals surface area (Å²) in [5.74, 6) is 2.59. The van der Waals surface area contributed by atoms with Gasteiger partial charge in [-0.05, 0) is 60.3 Å². The van der Waals surface area contributed by atoms with Crippen molar-refractivity contribution >= 4 is 23.5 Å². The lowest BCUT2D eigenvalue weighted by molar-refractivity contribution is 0.0382. The summed E-state index contributed by atoms with van der Waals surface area (Å²) in [4.78, 5) is 33.3. The molecule has 2 fully saturated rings. The van der Waals surface area contributed by atoms with Gasteiger partial charge in [-0.1, -0.05) is 30.3 Å². The Balaban J connectivity index is 1.03. The Labute approximate surface area is 246 Å². The SMILES string of the molecule is C#[N+][C@]1(Oc2ccc(Nc3ncnc(N4CCN(c5ncc(Cc6ccccc6)cn5)CC4)n3)cc2)CCCN(C)C1. The molecule has 2 aliphatic heterocycles. The minimum absolute atomic E-state index is 0.482. The highest BCUT2D eigenvalue weighted by atomic mass is 16.5. The number of hydrogen-bond acceptors (Lipinski definition) is 10. The highest BCUT2D eigenvalue weighted by molar-refractivity contribution is 5.55. The van der Waals surface area contributed by atoms with E-state index in [0.717, 1.165) is 69.2 Å². The lowest BCUT2D eigenvalue weighted by Gasteiger charge is -2.34. The van der Waals surface area contributed by atoms with Gasteiger partial charge in [0.2, 0.25) is 17.8 Å². The molecule has 214 valence electrons. The maximum absolute atomic E-state index is 6.21. The fourth-order valence-electron chi connectivity index (χ4n) is 5.42. The highest BCUT2D eigenvalue weighted by Gasteiger charge is 2.46. The normalized spacial score (nSPS) is 19.2. The molecule has 2 saturated heterocycles. The molecule has 0 spiro atoms. The van der Waals surface area contributed by atoms with Crippen LogP contribution in [0.1, 0.15) is 24.0 Å². The van der Waals surface area contributed by atoms with Crippen molar-refractivity contribution in [3.63, 3.8) is 0 Å². The van der Waals surface area contributed by atoms with Gasteiger partial charge in [0.05, 0.1) is 6.42 Å². The number of ether oxygens (including phenoxy) is 1. The first kappa shape index (κ1) is 27.4. The van der Waals surface area contributed by atoms with E-state index in [2.05, 4.69) is 69.0 Å². The van der Waals surface area contributed by atoms with E-state index in [4.69, 9.17) is 11.3 Å². The van der Waals surface area contributed by atoms with Crippen LogP contribution in [0.4, 0.5) is 23.5 Å². The van der Waals surface area contributed by atoms with Crippen molar-refractivity contribution in [2.24, 2.45) is 0 Å². The van der Waals surface area contributed by atoms with Crippen LogP contribution in [0.3, 0.4) is 0 Å². The summed E-state index contributed by atoms with van der Waals surface area (Å²) >= 11 is 0. The number of anilines is 4. The van der Waals surface area contributed by atoms with Gasteiger partial charge >= 0.3 is 5.72 Å². The first-order valence-corrected chi connectivity index (χ1v) is 14.3. The summed E-state index contributed by atoms with van der Waals surface area (Å²) in [6, 6.07) is 18.0. The number of aromatic nitrogens is 5. The van der Waals surface area contributed by atoms with Gasteiger partial charge in [-0.25, -0.2) is 19.9 Å². The third-order valence-corrected chi connectivity index (χ3v) is 7.63. The van der Waals surface area contributed by atoms with Crippen LogP contribution >= 0.6 is 0 Å². The van der Waals surface area contributed by atoms with E-state index in [1.807, 2.05) is 54.9 Å². The Morgan fingerprint density at radius 2 is 1.57 bits per heavy atom. The number of likely N-dealkylation sites (N-methyl/N-ethyl adjacent to an activating group) is 1. The van der Waals surface area contributed by atoms with E-state index >= 15 is 0 Å². The molecule has 0 unspecified atom stereocenters. The van der Waals surface area contributed by atoms with Crippen molar-refractivity contribution in [2.45, 2.75) is 25.0 Å². The fourth-order valence-corrected chi connectivity index (χ4v) is 5.42.